The summed E-state index contributed by atoms with van der Waals surface area (Å²) >= 11 is 0. The first-order valence-corrected chi connectivity index (χ1v) is 15.9. The van der Waals surface area contributed by atoms with E-state index in [0.29, 0.717) is 0 Å². The van der Waals surface area contributed by atoms with Crippen molar-refractivity contribution in [3.63, 3.8) is 0 Å². The number of hydrogen-bond acceptors (Lipinski definition) is 20. The summed E-state index contributed by atoms with van der Waals surface area (Å²) in [5, 5.41) is 119. The number of amides is 2. The van der Waals surface area contributed by atoms with Crippen molar-refractivity contribution in [1.82, 2.24) is 10.6 Å². The van der Waals surface area contributed by atoms with Crippen LogP contribution in [0.25, 0.3) is 0 Å². The maximum atomic E-state index is 12.3. The molecule has 22 nitrogen and oxygen atoms in total. The first-order valence-electron chi connectivity index (χ1n) is 15.9. The molecule has 50 heavy (non-hydrogen) atoms. The van der Waals surface area contributed by atoms with Gasteiger partial charge in [-0.1, -0.05) is 0 Å². The lowest BCUT2D eigenvalue weighted by atomic mass is 9.93. The highest BCUT2D eigenvalue weighted by Gasteiger charge is 2.56. The van der Waals surface area contributed by atoms with E-state index in [1.54, 1.807) is 0 Å². The van der Waals surface area contributed by atoms with Gasteiger partial charge in [0, 0.05) is 13.8 Å². The van der Waals surface area contributed by atoms with E-state index in [4.69, 9.17) is 33.2 Å². The normalized spacial score (nSPS) is 48.5. The van der Waals surface area contributed by atoms with Crippen molar-refractivity contribution in [2.24, 2.45) is 0 Å². The third-order valence-electron chi connectivity index (χ3n) is 8.97. The Morgan fingerprint density at radius 1 is 0.520 bits per heavy atom. The number of carbonyl (C=O) groups excluding carboxylic acids is 2. The van der Waals surface area contributed by atoms with Gasteiger partial charge in [-0.05, 0) is 6.92 Å². The smallest absolute Gasteiger partial charge is 0.217 e. The molecule has 4 aliphatic rings. The zero-order chi connectivity index (χ0) is 37.2. The highest BCUT2D eigenvalue weighted by Crippen LogP contribution is 2.34. The van der Waals surface area contributed by atoms with Crippen molar-refractivity contribution in [1.29, 1.82) is 0 Å². The zero-order valence-corrected chi connectivity index (χ0v) is 27.3. The summed E-state index contributed by atoms with van der Waals surface area (Å²) in [4.78, 5) is 24.5. The maximum absolute atomic E-state index is 12.3. The Balaban J connectivity index is 1.66. The zero-order valence-electron chi connectivity index (χ0n) is 27.3. The van der Waals surface area contributed by atoms with E-state index in [0.717, 1.165) is 13.8 Å². The third kappa shape index (κ3) is 8.70. The lowest BCUT2D eigenvalue weighted by Crippen LogP contribution is -2.71. The molecule has 13 N–H and O–H groups in total. The van der Waals surface area contributed by atoms with E-state index >= 15 is 0 Å². The molecule has 20 atom stereocenters. The molecule has 0 saturated carbocycles. The molecule has 0 unspecified atom stereocenters. The summed E-state index contributed by atoms with van der Waals surface area (Å²) in [7, 11) is 0. The van der Waals surface area contributed by atoms with Crippen molar-refractivity contribution in [3.8, 4) is 0 Å². The van der Waals surface area contributed by atoms with E-state index in [1.807, 2.05) is 0 Å². The first kappa shape index (κ1) is 41.0. The Morgan fingerprint density at radius 2 is 0.980 bits per heavy atom. The monoisotopic (exact) mass is 732 g/mol. The van der Waals surface area contributed by atoms with Gasteiger partial charge in [0.25, 0.3) is 0 Å². The second-order valence-electron chi connectivity index (χ2n) is 12.6. The Kier molecular flexibility index (Phi) is 14.2. The van der Waals surface area contributed by atoms with Crippen LogP contribution in [0.1, 0.15) is 20.8 Å². The number of ether oxygens (including phenoxy) is 7. The fourth-order valence-corrected chi connectivity index (χ4v) is 6.29. The molecule has 4 rings (SSSR count). The predicted molar refractivity (Wildman–Crippen MR) is 156 cm³/mol. The van der Waals surface area contributed by atoms with Gasteiger partial charge in [-0.15, -0.1) is 0 Å². The molecule has 22 heteroatoms. The molecule has 2 amide bonds. The Morgan fingerprint density at radius 3 is 1.54 bits per heavy atom. The molecule has 4 fully saturated rings. The number of aliphatic hydroxyl groups is 11. The van der Waals surface area contributed by atoms with Gasteiger partial charge in [0.2, 0.25) is 11.8 Å². The number of hydrogen-bond donors (Lipinski definition) is 13. The van der Waals surface area contributed by atoms with Crippen molar-refractivity contribution >= 4 is 11.8 Å². The highest BCUT2D eigenvalue weighted by atomic mass is 16.8. The number of rotatable bonds is 11. The molecule has 290 valence electrons. The highest BCUT2D eigenvalue weighted by molar-refractivity contribution is 5.73. The lowest BCUT2D eigenvalue weighted by Gasteiger charge is -2.50. The Labute approximate surface area is 285 Å². The van der Waals surface area contributed by atoms with Crippen LogP contribution in [-0.4, -0.2) is 211 Å². The van der Waals surface area contributed by atoms with Crippen LogP contribution < -0.4 is 10.6 Å². The number of nitrogens with one attached hydrogen (secondary N) is 2. The SMILES string of the molecule is CC(=O)N[C@@H]1[C@@H](O[C@@H]2O[C@@H](C)[C@@H](O)[C@@H](O)[C@@H]2O)[C@H](O[C@@H]2O[C@H](CO)[C@@H](O[C@@H]3O[C@H](CO)[C@@H](O)[C@H](O)[C@H]3O)[C@H](O)[C@H]2NC(C)=O)[C@@H](CO)O[C@H]1O. The number of aliphatic hydroxyl groups excluding tert-OH is 11. The fourth-order valence-electron chi connectivity index (χ4n) is 6.29. The van der Waals surface area contributed by atoms with Crippen LogP contribution in [0.2, 0.25) is 0 Å². The average Bonchev–Trinajstić information content (AvgIpc) is 3.07. The quantitative estimate of drug-likeness (QED) is 0.0938. The largest absolute Gasteiger partial charge is 0.394 e. The van der Waals surface area contributed by atoms with Crippen molar-refractivity contribution in [3.05, 3.63) is 0 Å². The molecule has 0 aromatic carbocycles. The van der Waals surface area contributed by atoms with Crippen molar-refractivity contribution < 1.29 is 98.9 Å². The van der Waals surface area contributed by atoms with E-state index in [1.165, 1.54) is 6.92 Å². The molecule has 0 aromatic heterocycles. The minimum Gasteiger partial charge on any atom is -0.394 e. The van der Waals surface area contributed by atoms with Crippen LogP contribution in [0.4, 0.5) is 0 Å². The molecule has 0 bridgehead atoms. The van der Waals surface area contributed by atoms with Gasteiger partial charge in [-0.3, -0.25) is 9.59 Å². The lowest BCUT2D eigenvalue weighted by molar-refractivity contribution is -0.373. The summed E-state index contributed by atoms with van der Waals surface area (Å²) in [6.07, 6.45) is -30.0. The van der Waals surface area contributed by atoms with Gasteiger partial charge >= 0.3 is 0 Å². The fraction of sp³-hybridized carbons (Fsp3) is 0.929. The van der Waals surface area contributed by atoms with E-state index in [-0.39, 0.29) is 0 Å². The predicted octanol–water partition coefficient (Wildman–Crippen LogP) is -8.43. The summed E-state index contributed by atoms with van der Waals surface area (Å²) in [6, 6.07) is -3.11. The van der Waals surface area contributed by atoms with Gasteiger partial charge in [0.1, 0.15) is 91.4 Å². The summed E-state index contributed by atoms with van der Waals surface area (Å²) in [5.41, 5.74) is 0. The second kappa shape index (κ2) is 17.4. The average molecular weight is 733 g/mol. The topological polar surface area (TPSA) is 345 Å². The third-order valence-corrected chi connectivity index (χ3v) is 8.97. The summed E-state index contributed by atoms with van der Waals surface area (Å²) in [5.74, 6) is -1.44. The standard InChI is InChI=1S/C28H48N2O20/c1-7-15(36)18(39)20(41)27(44-7)50-24-14(30-9(3)35)25(43)45-12(6-33)23(24)49-26-13(29-8(2)34)17(38)22(11(5-32)47-26)48-28-21(42)19(40)16(37)10(4-31)46-28/h7,10-28,31-33,36-43H,4-6H2,1-3H3,(H,29,34)(H,30,35)/t7-,10+,11+,12+,13+,14+,15+,16+,17+,18+,19-,20-,21+,22+,23+,24+,25+,26-,27-,28-/m0/s1. The van der Waals surface area contributed by atoms with Gasteiger partial charge < -0.3 is 100.0 Å². The molecular formula is C28H48N2O20. The van der Waals surface area contributed by atoms with E-state index in [9.17, 15) is 65.8 Å². The van der Waals surface area contributed by atoms with Gasteiger partial charge in [-0.2, -0.15) is 0 Å². The number of carbonyl (C=O) groups is 2. The molecule has 0 aliphatic carbocycles. The maximum Gasteiger partial charge on any atom is 0.217 e. The van der Waals surface area contributed by atoms with Crippen LogP contribution in [0.5, 0.6) is 0 Å². The minimum atomic E-state index is -1.91. The molecular weight excluding hydrogens is 684 g/mol. The molecule has 4 saturated heterocycles. The van der Waals surface area contributed by atoms with Crippen LogP contribution in [0.15, 0.2) is 0 Å². The van der Waals surface area contributed by atoms with Crippen LogP contribution in [0.3, 0.4) is 0 Å². The molecule has 0 radical (unpaired) electrons. The summed E-state index contributed by atoms with van der Waals surface area (Å²) < 4.78 is 40.0. The van der Waals surface area contributed by atoms with Crippen LogP contribution in [-0.2, 0) is 42.7 Å². The van der Waals surface area contributed by atoms with E-state index in [2.05, 4.69) is 10.6 Å². The van der Waals surface area contributed by atoms with Gasteiger partial charge in [0.15, 0.2) is 25.2 Å². The Bertz CT molecular complexity index is 1120. The molecule has 4 aliphatic heterocycles. The first-order chi connectivity index (χ1) is 23.5. The van der Waals surface area contributed by atoms with Crippen molar-refractivity contribution in [2.75, 3.05) is 19.8 Å². The molecule has 0 aromatic rings. The molecule has 4 heterocycles. The van der Waals surface area contributed by atoms with E-state index < -0.39 is 154 Å². The van der Waals surface area contributed by atoms with Gasteiger partial charge in [-0.25, -0.2) is 0 Å². The summed E-state index contributed by atoms with van der Waals surface area (Å²) in [6.45, 7) is 0.985. The molecule has 0 spiro atoms. The van der Waals surface area contributed by atoms with Crippen molar-refractivity contribution in [2.45, 2.75) is 143 Å². The van der Waals surface area contributed by atoms with Crippen LogP contribution >= 0.6 is 0 Å². The van der Waals surface area contributed by atoms with Crippen LogP contribution in [0, 0.1) is 0 Å². The second-order valence-corrected chi connectivity index (χ2v) is 12.6. The minimum absolute atomic E-state index is 0.699. The van der Waals surface area contributed by atoms with Gasteiger partial charge in [0.05, 0.1) is 25.9 Å². The Hall–Kier alpha value is -1.78.